The molecule has 4 nitrogen and oxygen atoms in total. The van der Waals surface area contributed by atoms with Gasteiger partial charge in [-0.05, 0) is 48.6 Å². The van der Waals surface area contributed by atoms with E-state index in [-0.39, 0.29) is 0 Å². The summed E-state index contributed by atoms with van der Waals surface area (Å²) >= 11 is 1.70. The standard InChI is InChI=1S/C20H18N4S/c1-13-9-18(12-25-13)20(23-14(2)19(21)24-20)17-7-3-5-15(10-17)16-6-4-8-22-11-16/h3-12H,1-2H3,(H2,21,24). The van der Waals surface area contributed by atoms with E-state index in [0.29, 0.717) is 5.84 Å². The molecular weight excluding hydrogens is 328 g/mol. The molecule has 4 rings (SSSR count). The predicted octanol–water partition coefficient (Wildman–Crippen LogP) is 4.15. The summed E-state index contributed by atoms with van der Waals surface area (Å²) in [5.74, 6) is 0.496. The highest BCUT2D eigenvalue weighted by molar-refractivity contribution is 7.10. The molecule has 3 aromatic rings. The average Bonchev–Trinajstić information content (AvgIpc) is 3.20. The second-order valence-electron chi connectivity index (χ2n) is 6.14. The quantitative estimate of drug-likeness (QED) is 0.774. The van der Waals surface area contributed by atoms with Gasteiger partial charge < -0.3 is 5.73 Å². The van der Waals surface area contributed by atoms with Gasteiger partial charge in [0.1, 0.15) is 5.84 Å². The highest BCUT2D eigenvalue weighted by Crippen LogP contribution is 2.41. The maximum atomic E-state index is 6.10. The smallest absolute Gasteiger partial charge is 0.204 e. The molecule has 1 aliphatic rings. The van der Waals surface area contributed by atoms with E-state index in [9.17, 15) is 0 Å². The van der Waals surface area contributed by atoms with Crippen molar-refractivity contribution in [3.63, 3.8) is 0 Å². The number of nitrogens with two attached hydrogens (primary N) is 1. The van der Waals surface area contributed by atoms with Crippen LogP contribution in [0.5, 0.6) is 0 Å². The number of pyridine rings is 1. The molecule has 0 saturated carbocycles. The minimum atomic E-state index is -0.794. The fraction of sp³-hybridized carbons (Fsp3) is 0.150. The van der Waals surface area contributed by atoms with Gasteiger partial charge in [-0.1, -0.05) is 24.3 Å². The first kappa shape index (κ1) is 15.7. The van der Waals surface area contributed by atoms with Crippen LogP contribution in [0.25, 0.3) is 11.1 Å². The molecule has 0 aliphatic carbocycles. The van der Waals surface area contributed by atoms with Gasteiger partial charge in [-0.2, -0.15) is 0 Å². The Hall–Kier alpha value is -2.79. The summed E-state index contributed by atoms with van der Waals surface area (Å²) in [5.41, 5.74) is 10.3. The first-order chi connectivity index (χ1) is 12.1. The largest absolute Gasteiger partial charge is 0.382 e. The van der Waals surface area contributed by atoms with Gasteiger partial charge in [0, 0.05) is 28.4 Å². The summed E-state index contributed by atoms with van der Waals surface area (Å²) in [6.07, 6.45) is 3.64. The monoisotopic (exact) mass is 346 g/mol. The molecule has 124 valence electrons. The van der Waals surface area contributed by atoms with Crippen LogP contribution in [0.3, 0.4) is 0 Å². The molecule has 2 N–H and O–H groups in total. The van der Waals surface area contributed by atoms with Gasteiger partial charge in [-0.15, -0.1) is 11.3 Å². The number of benzene rings is 1. The molecular formula is C20H18N4S. The van der Waals surface area contributed by atoms with Gasteiger partial charge in [-0.3, -0.25) is 4.98 Å². The van der Waals surface area contributed by atoms with E-state index in [2.05, 4.69) is 41.6 Å². The Morgan fingerprint density at radius 1 is 0.960 bits per heavy atom. The van der Waals surface area contributed by atoms with Gasteiger partial charge in [0.2, 0.25) is 5.66 Å². The Morgan fingerprint density at radius 3 is 2.44 bits per heavy atom. The molecule has 2 aromatic heterocycles. The molecule has 0 radical (unpaired) electrons. The van der Waals surface area contributed by atoms with Crippen molar-refractivity contribution in [2.45, 2.75) is 19.5 Å². The minimum Gasteiger partial charge on any atom is -0.382 e. The maximum absolute atomic E-state index is 6.10. The first-order valence-electron chi connectivity index (χ1n) is 8.07. The summed E-state index contributed by atoms with van der Waals surface area (Å²) in [6, 6.07) is 14.4. The number of aliphatic imine (C=N–C) groups is 2. The SMILES string of the molecule is CC1=NC(c2cccc(-c3cccnc3)c2)(c2csc(C)c2)N=C1N. The lowest BCUT2D eigenvalue weighted by atomic mass is 9.92. The lowest BCUT2D eigenvalue weighted by Gasteiger charge is -2.23. The van der Waals surface area contributed by atoms with E-state index in [1.165, 1.54) is 4.88 Å². The van der Waals surface area contributed by atoms with Crippen LogP contribution in [0.2, 0.25) is 0 Å². The van der Waals surface area contributed by atoms with Crippen LogP contribution in [0.4, 0.5) is 0 Å². The predicted molar refractivity (Wildman–Crippen MR) is 104 cm³/mol. The Morgan fingerprint density at radius 2 is 1.80 bits per heavy atom. The number of hydrogen-bond donors (Lipinski definition) is 1. The van der Waals surface area contributed by atoms with Crippen LogP contribution < -0.4 is 5.73 Å². The molecule has 1 atom stereocenters. The summed E-state index contributed by atoms with van der Waals surface area (Å²) in [5, 5.41) is 2.12. The van der Waals surface area contributed by atoms with Crippen molar-refractivity contribution >= 4 is 22.9 Å². The third-order valence-electron chi connectivity index (χ3n) is 4.38. The van der Waals surface area contributed by atoms with Crippen LogP contribution in [0.15, 0.2) is 70.2 Å². The van der Waals surface area contributed by atoms with Crippen LogP contribution in [-0.4, -0.2) is 16.5 Å². The summed E-state index contributed by atoms with van der Waals surface area (Å²) < 4.78 is 0. The molecule has 0 amide bonds. The Bertz CT molecular complexity index is 968. The van der Waals surface area contributed by atoms with Crippen molar-refractivity contribution in [2.75, 3.05) is 0 Å². The van der Waals surface area contributed by atoms with Crippen molar-refractivity contribution in [2.24, 2.45) is 15.7 Å². The Labute approximate surface area is 150 Å². The number of amidine groups is 1. The molecule has 0 fully saturated rings. The van der Waals surface area contributed by atoms with E-state index in [1.807, 2.05) is 31.3 Å². The summed E-state index contributed by atoms with van der Waals surface area (Å²) in [7, 11) is 0. The van der Waals surface area contributed by atoms with Gasteiger partial charge in [0.15, 0.2) is 0 Å². The van der Waals surface area contributed by atoms with Crippen molar-refractivity contribution < 1.29 is 0 Å². The van der Waals surface area contributed by atoms with Crippen molar-refractivity contribution in [1.29, 1.82) is 0 Å². The second kappa shape index (κ2) is 5.93. The number of rotatable bonds is 3. The van der Waals surface area contributed by atoms with E-state index in [0.717, 1.165) is 28.0 Å². The van der Waals surface area contributed by atoms with E-state index < -0.39 is 5.66 Å². The first-order valence-corrected chi connectivity index (χ1v) is 8.95. The van der Waals surface area contributed by atoms with Gasteiger partial charge in [-0.25, -0.2) is 9.98 Å². The molecule has 3 heterocycles. The molecule has 1 aliphatic heterocycles. The Kier molecular flexibility index (Phi) is 3.73. The molecule has 25 heavy (non-hydrogen) atoms. The van der Waals surface area contributed by atoms with Crippen molar-refractivity contribution in [1.82, 2.24) is 4.98 Å². The highest BCUT2D eigenvalue weighted by atomic mass is 32.1. The maximum Gasteiger partial charge on any atom is 0.204 e. The number of aryl methyl sites for hydroxylation is 1. The minimum absolute atomic E-state index is 0.496. The van der Waals surface area contributed by atoms with Crippen LogP contribution >= 0.6 is 11.3 Å². The van der Waals surface area contributed by atoms with Crippen molar-refractivity contribution in [3.8, 4) is 11.1 Å². The number of nitrogens with zero attached hydrogens (tertiary/aromatic N) is 3. The van der Waals surface area contributed by atoms with Gasteiger partial charge >= 0.3 is 0 Å². The zero-order chi connectivity index (χ0) is 17.4. The Balaban J connectivity index is 1.91. The van der Waals surface area contributed by atoms with E-state index >= 15 is 0 Å². The topological polar surface area (TPSA) is 63.6 Å². The fourth-order valence-electron chi connectivity index (χ4n) is 3.08. The summed E-state index contributed by atoms with van der Waals surface area (Å²) in [6.45, 7) is 4.00. The van der Waals surface area contributed by atoms with E-state index in [4.69, 9.17) is 15.7 Å². The second-order valence-corrected chi connectivity index (χ2v) is 7.25. The third kappa shape index (κ3) is 2.66. The number of aromatic nitrogens is 1. The third-order valence-corrected chi connectivity index (χ3v) is 5.24. The van der Waals surface area contributed by atoms with Crippen molar-refractivity contribution in [3.05, 3.63) is 76.2 Å². The molecule has 5 heteroatoms. The molecule has 1 aromatic carbocycles. The zero-order valence-electron chi connectivity index (χ0n) is 14.1. The van der Waals surface area contributed by atoms with Gasteiger partial charge in [0.05, 0.1) is 5.71 Å². The zero-order valence-corrected chi connectivity index (χ0v) is 14.9. The van der Waals surface area contributed by atoms with Crippen LogP contribution in [0, 0.1) is 6.92 Å². The fourth-order valence-corrected chi connectivity index (χ4v) is 3.82. The molecule has 0 bridgehead atoms. The normalized spacial score (nSPS) is 19.6. The lowest BCUT2D eigenvalue weighted by Crippen LogP contribution is -2.21. The van der Waals surface area contributed by atoms with Crippen LogP contribution in [-0.2, 0) is 5.66 Å². The van der Waals surface area contributed by atoms with Gasteiger partial charge in [0.25, 0.3) is 0 Å². The lowest BCUT2D eigenvalue weighted by molar-refractivity contribution is 0.590. The number of thiophene rings is 1. The molecule has 0 saturated heterocycles. The summed E-state index contributed by atoms with van der Waals surface area (Å²) in [4.78, 5) is 15.1. The van der Waals surface area contributed by atoms with Crippen LogP contribution in [0.1, 0.15) is 22.9 Å². The molecule has 0 spiro atoms. The number of hydrogen-bond acceptors (Lipinski definition) is 5. The highest BCUT2D eigenvalue weighted by Gasteiger charge is 2.38. The van der Waals surface area contributed by atoms with E-state index in [1.54, 1.807) is 17.5 Å². The average molecular weight is 346 g/mol. The molecule has 1 unspecified atom stereocenters.